The van der Waals surface area contributed by atoms with Gasteiger partial charge in [-0.1, -0.05) is 103 Å². The molecule has 0 fully saturated rings. The third-order valence-corrected chi connectivity index (χ3v) is 8.89. The number of aliphatic hydroxyl groups excluding tert-OH is 1. The number of nitrogens with zero attached hydrogens (tertiary/aromatic N) is 1. The number of H-pyrrole nitrogens is 1. The first-order valence-corrected chi connectivity index (χ1v) is 18.6. The summed E-state index contributed by atoms with van der Waals surface area (Å²) in [4.78, 5) is 39.5. The Bertz CT molecular complexity index is 1230. The topological polar surface area (TPSA) is 203 Å². The summed E-state index contributed by atoms with van der Waals surface area (Å²) in [6.45, 7) is 2.51. The van der Waals surface area contributed by atoms with Crippen LogP contribution in [0.4, 0.5) is 5.82 Å². The van der Waals surface area contributed by atoms with Crippen molar-refractivity contribution in [3.05, 3.63) is 52.1 Å². The van der Waals surface area contributed by atoms with E-state index in [2.05, 4.69) is 22.2 Å². The van der Waals surface area contributed by atoms with Crippen LogP contribution >= 0.6 is 7.60 Å². The van der Waals surface area contributed by atoms with Crippen LogP contribution < -0.4 is 27.0 Å². The van der Waals surface area contributed by atoms with Crippen LogP contribution in [0.25, 0.3) is 0 Å². The van der Waals surface area contributed by atoms with Gasteiger partial charge in [-0.2, -0.15) is 4.98 Å². The van der Waals surface area contributed by atoms with Crippen LogP contribution in [0.5, 0.6) is 5.75 Å². The van der Waals surface area contributed by atoms with Crippen molar-refractivity contribution >= 4 is 19.3 Å². The molecule has 3 atom stereocenters. The zero-order chi connectivity index (χ0) is 33.6. The number of amides is 1. The molecule has 0 saturated carbocycles. The first-order chi connectivity index (χ1) is 22.1. The normalized spacial score (nSPS) is 14.1. The number of aromatic amines is 1. The lowest BCUT2D eigenvalue weighted by atomic mass is 10.0. The largest absolute Gasteiger partial charge is 0.423 e. The number of ether oxygens (including phenoxy) is 1. The van der Waals surface area contributed by atoms with Gasteiger partial charge in [0.15, 0.2) is 6.35 Å². The maximum Gasteiger partial charge on any atom is 0.402 e. The van der Waals surface area contributed by atoms with E-state index in [-0.39, 0.29) is 18.0 Å². The van der Waals surface area contributed by atoms with Gasteiger partial charge in [0.1, 0.15) is 11.6 Å². The summed E-state index contributed by atoms with van der Waals surface area (Å²) in [6, 6.07) is 5.99. The Morgan fingerprint density at radius 1 is 0.957 bits per heavy atom. The highest BCUT2D eigenvalue weighted by atomic mass is 31.2. The molecule has 0 bridgehead atoms. The molecule has 0 aliphatic rings. The first-order valence-electron chi connectivity index (χ1n) is 16.8. The van der Waals surface area contributed by atoms with Gasteiger partial charge in [0.2, 0.25) is 5.91 Å². The SMILES string of the molecule is CCCCCCCCCCCCCCCCN[C@@H](Cc1ccc(OP(=O)(O)CO[C@H](CO)Cc2c[nH]c(=O)nc2N)cc1)C(N)=O. The second kappa shape index (κ2) is 22.7. The number of aliphatic hydroxyl groups is 1. The maximum atomic E-state index is 12.6. The molecule has 8 N–H and O–H groups in total. The van der Waals surface area contributed by atoms with Gasteiger partial charge in [0.25, 0.3) is 0 Å². The molecule has 1 heterocycles. The van der Waals surface area contributed by atoms with Crippen molar-refractivity contribution in [2.24, 2.45) is 5.73 Å². The van der Waals surface area contributed by atoms with Gasteiger partial charge in [-0.15, -0.1) is 0 Å². The molecule has 1 amide bonds. The summed E-state index contributed by atoms with van der Waals surface area (Å²) in [5.41, 5.74) is 12.0. The maximum absolute atomic E-state index is 12.6. The van der Waals surface area contributed by atoms with E-state index in [1.165, 1.54) is 83.2 Å². The standard InChI is InChI=1S/C33H56N5O7P/c1-2-3-4-5-6-7-8-9-10-11-12-13-14-15-20-36-30(32(35)40)21-26-16-18-28(19-17-26)45-46(42,43)25-44-29(24-39)22-27-23-37-33(41)38-31(27)34/h16-19,23,29-30,36,39H,2-15,20-22,24-25H2,1H3,(H2,35,40)(H,42,43)(H3,34,37,38,41)/t29-,30-/m0/s1. The van der Waals surface area contributed by atoms with Crippen molar-refractivity contribution in [1.29, 1.82) is 0 Å². The number of carbonyl (C=O) groups excluding carboxylic acids is 1. The van der Waals surface area contributed by atoms with E-state index in [0.29, 0.717) is 18.5 Å². The summed E-state index contributed by atoms with van der Waals surface area (Å²) in [6.07, 6.45) is 18.3. The number of anilines is 1. The highest BCUT2D eigenvalue weighted by molar-refractivity contribution is 7.53. The summed E-state index contributed by atoms with van der Waals surface area (Å²) in [5.74, 6) is -0.294. The fraction of sp³-hybridized carbons (Fsp3) is 0.667. The van der Waals surface area contributed by atoms with Crippen molar-refractivity contribution in [2.45, 2.75) is 122 Å². The average Bonchev–Trinajstić information content (AvgIpc) is 3.02. The number of hydrogen-bond donors (Lipinski definition) is 6. The van der Waals surface area contributed by atoms with Crippen molar-refractivity contribution in [3.63, 3.8) is 0 Å². The molecule has 0 aliphatic heterocycles. The Morgan fingerprint density at radius 3 is 2.04 bits per heavy atom. The van der Waals surface area contributed by atoms with Crippen molar-refractivity contribution in [3.8, 4) is 5.75 Å². The van der Waals surface area contributed by atoms with Crippen molar-refractivity contribution < 1.29 is 28.6 Å². The third kappa shape index (κ3) is 17.2. The third-order valence-electron chi connectivity index (χ3n) is 7.92. The molecular formula is C33H56N5O7P. The molecule has 2 aromatic rings. The molecule has 0 saturated heterocycles. The summed E-state index contributed by atoms with van der Waals surface area (Å²) in [5, 5.41) is 12.9. The van der Waals surface area contributed by atoms with Gasteiger partial charge in [0, 0.05) is 18.2 Å². The zero-order valence-electron chi connectivity index (χ0n) is 27.5. The molecule has 2 rings (SSSR count). The van der Waals surface area contributed by atoms with Gasteiger partial charge < -0.3 is 41.0 Å². The quantitative estimate of drug-likeness (QED) is 0.0559. The number of nitrogens with two attached hydrogens (primary N) is 2. The summed E-state index contributed by atoms with van der Waals surface area (Å²) >= 11 is 0. The Balaban J connectivity index is 1.64. The van der Waals surface area contributed by atoms with E-state index in [1.807, 2.05) is 0 Å². The molecule has 0 spiro atoms. The number of aromatic nitrogens is 2. The van der Waals surface area contributed by atoms with E-state index in [0.717, 1.165) is 18.4 Å². The predicted molar refractivity (Wildman–Crippen MR) is 182 cm³/mol. The summed E-state index contributed by atoms with van der Waals surface area (Å²) < 4.78 is 23.3. The van der Waals surface area contributed by atoms with Gasteiger partial charge in [-0.05, 0) is 37.1 Å². The number of nitrogens with one attached hydrogen (secondary N) is 2. The number of rotatable bonds is 27. The van der Waals surface area contributed by atoms with E-state index in [1.54, 1.807) is 24.3 Å². The van der Waals surface area contributed by atoms with Crippen LogP contribution in [0, 0.1) is 0 Å². The molecule has 12 nitrogen and oxygen atoms in total. The van der Waals surface area contributed by atoms with Crippen LogP contribution in [0.1, 0.15) is 108 Å². The van der Waals surface area contributed by atoms with E-state index in [4.69, 9.17) is 20.7 Å². The van der Waals surface area contributed by atoms with E-state index < -0.39 is 44.3 Å². The van der Waals surface area contributed by atoms with Crippen LogP contribution in [0.2, 0.25) is 0 Å². The van der Waals surface area contributed by atoms with Gasteiger partial charge >= 0.3 is 13.3 Å². The molecule has 1 aromatic carbocycles. The van der Waals surface area contributed by atoms with Gasteiger partial charge in [0.05, 0.1) is 18.8 Å². The highest BCUT2D eigenvalue weighted by Gasteiger charge is 2.25. The number of nitrogen functional groups attached to an aromatic ring is 1. The minimum Gasteiger partial charge on any atom is -0.423 e. The van der Waals surface area contributed by atoms with Crippen LogP contribution in [0.15, 0.2) is 35.3 Å². The molecule has 1 aromatic heterocycles. The molecule has 46 heavy (non-hydrogen) atoms. The van der Waals surface area contributed by atoms with Gasteiger partial charge in [-0.25, -0.2) is 9.36 Å². The lowest BCUT2D eigenvalue weighted by molar-refractivity contribution is -0.120. The monoisotopic (exact) mass is 665 g/mol. The number of hydrogen-bond acceptors (Lipinski definition) is 9. The summed E-state index contributed by atoms with van der Waals surface area (Å²) in [7, 11) is -4.23. The number of unbranched alkanes of at least 4 members (excludes halogenated alkanes) is 13. The molecule has 0 aliphatic carbocycles. The Labute approximate surface area is 273 Å². The van der Waals surface area contributed by atoms with Crippen LogP contribution in [-0.2, 0) is 26.9 Å². The Kier molecular flexibility index (Phi) is 19.5. The Hall–Kier alpha value is -2.76. The van der Waals surface area contributed by atoms with E-state index in [9.17, 15) is 24.2 Å². The lowest BCUT2D eigenvalue weighted by Gasteiger charge is -2.19. The fourth-order valence-electron chi connectivity index (χ4n) is 5.20. The molecule has 13 heteroatoms. The van der Waals surface area contributed by atoms with Crippen LogP contribution in [-0.4, -0.2) is 57.5 Å². The molecule has 260 valence electrons. The van der Waals surface area contributed by atoms with Crippen LogP contribution in [0.3, 0.4) is 0 Å². The predicted octanol–water partition coefficient (Wildman–Crippen LogP) is 4.96. The minimum absolute atomic E-state index is 0.0158. The van der Waals surface area contributed by atoms with Crippen molar-refractivity contribution in [1.82, 2.24) is 15.3 Å². The fourth-order valence-corrected chi connectivity index (χ4v) is 6.11. The number of benzene rings is 1. The number of carbonyl (C=O) groups is 1. The zero-order valence-corrected chi connectivity index (χ0v) is 28.4. The first kappa shape index (κ1) is 39.4. The molecular weight excluding hydrogens is 609 g/mol. The van der Waals surface area contributed by atoms with Gasteiger partial charge in [-0.3, -0.25) is 4.79 Å². The minimum atomic E-state index is -4.23. The van der Waals surface area contributed by atoms with E-state index >= 15 is 0 Å². The average molecular weight is 666 g/mol. The molecule has 0 radical (unpaired) electrons. The Morgan fingerprint density at radius 2 is 1.52 bits per heavy atom. The van der Waals surface area contributed by atoms with Crippen molar-refractivity contribution in [2.75, 3.05) is 25.2 Å². The number of primary amides is 1. The second-order valence-electron chi connectivity index (χ2n) is 12.0. The molecule has 1 unspecified atom stereocenters. The second-order valence-corrected chi connectivity index (χ2v) is 13.7. The lowest BCUT2D eigenvalue weighted by Crippen LogP contribution is -2.43. The highest BCUT2D eigenvalue weighted by Crippen LogP contribution is 2.43. The smallest absolute Gasteiger partial charge is 0.402 e.